The fraction of sp³-hybridized carbons (Fsp3) is 0. The minimum absolute atomic E-state index is 0. The summed E-state index contributed by atoms with van der Waals surface area (Å²) in [7, 11) is 0. The van der Waals surface area contributed by atoms with Crippen molar-refractivity contribution < 1.29 is 21.8 Å². The van der Waals surface area contributed by atoms with Crippen molar-refractivity contribution in [2.75, 3.05) is 0 Å². The summed E-state index contributed by atoms with van der Waals surface area (Å²) in [4.78, 5) is 0. The van der Waals surface area contributed by atoms with Crippen LogP contribution < -0.4 is 6.15 Å². The van der Waals surface area contributed by atoms with Crippen molar-refractivity contribution in [1.82, 2.24) is 6.15 Å². The maximum atomic E-state index is 8.18. The summed E-state index contributed by atoms with van der Waals surface area (Å²) in [5.41, 5.74) is 0. The van der Waals surface area contributed by atoms with Crippen LogP contribution in [0.25, 0.3) is 0 Å². The van der Waals surface area contributed by atoms with E-state index in [4.69, 9.17) is 3.57 Å². The van der Waals surface area contributed by atoms with Crippen molar-refractivity contribution >= 4 is 11.0 Å². The van der Waals surface area contributed by atoms with Crippen molar-refractivity contribution in [2.45, 2.75) is 0 Å². The van der Waals surface area contributed by atoms with Gasteiger partial charge in [0.25, 0.3) is 0 Å². The topological polar surface area (TPSA) is 52.1 Å². The van der Waals surface area contributed by atoms with Crippen LogP contribution in [-0.4, -0.2) is 11.0 Å². The summed E-state index contributed by atoms with van der Waals surface area (Å²) in [6.45, 7) is 0. The number of hydrogen-bond acceptors (Lipinski definition) is 2. The molecule has 0 aromatic carbocycles. The Morgan fingerprint density at radius 2 is 1.25 bits per heavy atom. The fourth-order valence-electron chi connectivity index (χ4n) is 0. The minimum atomic E-state index is 0. The minimum Gasteiger partial charge on any atom is -0.0149 e. The van der Waals surface area contributed by atoms with Crippen LogP contribution in [0.1, 0.15) is 0 Å². The summed E-state index contributed by atoms with van der Waals surface area (Å²) < 4.78 is 8.18. The zero-order valence-corrected chi connectivity index (χ0v) is 3.21. The van der Waals surface area contributed by atoms with Gasteiger partial charge in [-0.05, 0) is 11.0 Å². The van der Waals surface area contributed by atoms with E-state index in [1.807, 2.05) is 0 Å². The van der Waals surface area contributed by atoms with Gasteiger partial charge in [-0.3, -0.25) is 0 Å². The first-order chi connectivity index (χ1) is 1.00. The predicted octanol–water partition coefficient (Wildman–Crippen LogP) is -1.41. The maximum absolute atomic E-state index is 8.18. The van der Waals surface area contributed by atoms with Gasteiger partial charge in [0.2, 0.25) is 0 Å². The molecule has 0 rings (SSSR count). The Kier molecular flexibility index (Phi) is 393. The third-order valence-electron chi connectivity index (χ3n) is 0. The molecule has 2 nitrogen and oxygen atoms in total. The van der Waals surface area contributed by atoms with E-state index in [-0.39, 0.29) is 17.1 Å². The van der Waals surface area contributed by atoms with E-state index < -0.39 is 0 Å². The molecule has 0 atom stereocenters. The molecule has 4 heteroatoms. The first kappa shape index (κ1) is 23.3. The molecule has 0 aliphatic carbocycles. The zero-order chi connectivity index (χ0) is 2.00. The Morgan fingerprint density at radius 3 is 1.25 bits per heavy atom. The van der Waals surface area contributed by atoms with E-state index in [0.717, 1.165) is 18.3 Å². The van der Waals surface area contributed by atoms with Gasteiger partial charge in [-0.1, -0.05) is 0 Å². The Morgan fingerprint density at radius 1 is 1.25 bits per heavy atom. The van der Waals surface area contributed by atoms with E-state index >= 15 is 0 Å². The second-order valence-electron chi connectivity index (χ2n) is 0. The third-order valence-corrected chi connectivity index (χ3v) is 0. The molecule has 0 saturated heterocycles. The molecule has 4 heavy (non-hydrogen) atoms. The van der Waals surface area contributed by atoms with E-state index in [2.05, 4.69) is 0 Å². The van der Waals surface area contributed by atoms with Crippen molar-refractivity contribution in [3.8, 4) is 0 Å². The monoisotopic (exact) mass is 167 g/mol. The molecule has 0 aliphatic heterocycles. The van der Waals surface area contributed by atoms with Crippen LogP contribution in [0.4, 0.5) is 0 Å². The van der Waals surface area contributed by atoms with Crippen molar-refractivity contribution in [3.63, 3.8) is 0 Å². The number of rotatable bonds is 0. The van der Waals surface area contributed by atoms with E-state index in [1.54, 1.807) is 0 Å². The van der Waals surface area contributed by atoms with Crippen molar-refractivity contribution in [1.29, 1.82) is 0 Å². The second kappa shape index (κ2) is 67.6. The molecule has 0 spiro atoms. The Balaban J connectivity index is -0.00000000500. The van der Waals surface area contributed by atoms with Gasteiger partial charge < -0.3 is 6.15 Å². The molecule has 0 unspecified atom stereocenters. The van der Waals surface area contributed by atoms with Crippen molar-refractivity contribution in [3.05, 3.63) is 0 Å². The quantitative estimate of drug-likeness (QED) is 0.449. The molecule has 0 aliphatic rings. The maximum Gasteiger partial charge on any atom is -0.0149 e. The van der Waals surface area contributed by atoms with Gasteiger partial charge in [-0.2, -0.15) is 0 Å². The van der Waals surface area contributed by atoms with Gasteiger partial charge in [-0.15, -0.1) is 0 Å². The summed E-state index contributed by atoms with van der Waals surface area (Å²) in [5, 5.41) is 0. The first-order valence-electron chi connectivity index (χ1n) is 0.144. The molecule has 0 saturated carbocycles. The van der Waals surface area contributed by atoms with Crippen LogP contribution in [0, 0.1) is 0 Å². The molecule has 0 radical (unpaired) electrons. The number of hydrogen-bond donors (Lipinski definition) is 1. The van der Waals surface area contributed by atoms with Gasteiger partial charge in [0, 0.05) is 0 Å². The zero-order valence-electron chi connectivity index (χ0n) is 1.47. The van der Waals surface area contributed by atoms with E-state index in [9.17, 15) is 0 Å². The Bertz CT molecular complexity index is 8.00. The molecular formula is H7NORuSi. The van der Waals surface area contributed by atoms with Gasteiger partial charge in [0.05, 0.1) is 0 Å². The van der Waals surface area contributed by atoms with E-state index in [1.165, 1.54) is 0 Å². The van der Waals surface area contributed by atoms with Crippen LogP contribution in [-0.2, 0) is 21.8 Å². The van der Waals surface area contributed by atoms with Gasteiger partial charge >= 0.3 is 21.8 Å². The third kappa shape index (κ3) is 18.5. The van der Waals surface area contributed by atoms with Gasteiger partial charge in [0.1, 0.15) is 0 Å². The largest absolute Gasteiger partial charge is 0.0149 e. The van der Waals surface area contributed by atoms with Gasteiger partial charge in [0.15, 0.2) is 0 Å². The average Bonchev–Trinajstić information content (AvgIpc) is 1.00. The molecule has 0 aromatic rings. The second-order valence-corrected chi connectivity index (χ2v) is 0. The summed E-state index contributed by atoms with van der Waals surface area (Å²) in [6.07, 6.45) is 0. The predicted molar refractivity (Wildman–Crippen MR) is 17.0 cm³/mol. The summed E-state index contributed by atoms with van der Waals surface area (Å²) >= 11 is 1.10. The summed E-state index contributed by atoms with van der Waals surface area (Å²) in [6, 6.07) is 0. The molecule has 0 fully saturated rings. The Labute approximate surface area is 39.5 Å². The summed E-state index contributed by atoms with van der Waals surface area (Å²) in [5.74, 6) is 0. The van der Waals surface area contributed by atoms with Crippen LogP contribution in [0.3, 0.4) is 0 Å². The molecular weight excluding hydrogens is 159 g/mol. The fourth-order valence-corrected chi connectivity index (χ4v) is 0. The smallest absolute Gasteiger partial charge is 0.0149 e. The van der Waals surface area contributed by atoms with E-state index in [0.29, 0.717) is 0 Å². The normalized spacial score (nSPS) is 1.25. The standard InChI is InChI=1S/H3N.O.Ru.H4Si/h1H3;;;1H4. The molecule has 0 amide bonds. The van der Waals surface area contributed by atoms with Gasteiger partial charge in [-0.25, -0.2) is 0 Å². The molecule has 0 bridgehead atoms. The molecule has 0 aromatic heterocycles. The Hall–Kier alpha value is 0.600. The van der Waals surface area contributed by atoms with Crippen LogP contribution in [0.15, 0.2) is 0 Å². The molecule has 30 valence electrons. The first-order valence-corrected chi connectivity index (χ1v) is 0.854. The van der Waals surface area contributed by atoms with Crippen molar-refractivity contribution in [2.24, 2.45) is 0 Å². The average molecular weight is 166 g/mol. The molecule has 0 heterocycles. The molecule has 3 N–H and O–H groups in total. The van der Waals surface area contributed by atoms with Crippen LogP contribution in [0.5, 0.6) is 0 Å². The van der Waals surface area contributed by atoms with Crippen LogP contribution >= 0.6 is 0 Å². The SMILES string of the molecule is N.[O]=[Ru].[SiH4]. The van der Waals surface area contributed by atoms with Crippen LogP contribution in [0.2, 0.25) is 0 Å².